The molecule has 33 heavy (non-hydrogen) atoms. The SMILES string of the molecule is C[C@@H](Nc1nc(Nc2ccccc2)nc(Nc2ccccc2)n1)C(=O)Nc1ccc(Cl)cc1. The molecule has 4 rings (SSSR count). The van der Waals surface area contributed by atoms with Crippen molar-refractivity contribution in [3.63, 3.8) is 0 Å². The Kier molecular flexibility index (Phi) is 6.96. The molecule has 166 valence electrons. The number of halogens is 1. The largest absolute Gasteiger partial charge is 0.342 e. The van der Waals surface area contributed by atoms with Crippen molar-refractivity contribution in [1.29, 1.82) is 0 Å². The average Bonchev–Trinajstić information content (AvgIpc) is 2.82. The zero-order valence-corrected chi connectivity index (χ0v) is 18.5. The maximum atomic E-state index is 12.6. The lowest BCUT2D eigenvalue weighted by molar-refractivity contribution is -0.116. The van der Waals surface area contributed by atoms with Gasteiger partial charge >= 0.3 is 0 Å². The number of benzene rings is 3. The molecule has 1 amide bonds. The van der Waals surface area contributed by atoms with Crippen molar-refractivity contribution in [2.45, 2.75) is 13.0 Å². The summed E-state index contributed by atoms with van der Waals surface area (Å²) in [6.07, 6.45) is 0. The Morgan fingerprint density at radius 2 is 1.18 bits per heavy atom. The van der Waals surface area contributed by atoms with Crippen molar-refractivity contribution in [2.24, 2.45) is 0 Å². The molecule has 0 saturated heterocycles. The number of carbonyl (C=O) groups is 1. The Hall–Kier alpha value is -4.17. The minimum Gasteiger partial charge on any atom is -0.342 e. The summed E-state index contributed by atoms with van der Waals surface area (Å²) in [7, 11) is 0. The zero-order chi connectivity index (χ0) is 23.0. The van der Waals surface area contributed by atoms with Gasteiger partial charge in [0.1, 0.15) is 6.04 Å². The Balaban J connectivity index is 1.53. The molecule has 4 aromatic rings. The molecule has 4 N–H and O–H groups in total. The highest BCUT2D eigenvalue weighted by atomic mass is 35.5. The van der Waals surface area contributed by atoms with Crippen LogP contribution >= 0.6 is 11.6 Å². The fourth-order valence-corrected chi connectivity index (χ4v) is 3.02. The molecule has 1 heterocycles. The van der Waals surface area contributed by atoms with E-state index in [9.17, 15) is 4.79 Å². The predicted octanol–water partition coefficient (Wildman–Crippen LogP) is 5.45. The predicted molar refractivity (Wildman–Crippen MR) is 132 cm³/mol. The van der Waals surface area contributed by atoms with Gasteiger partial charge in [0.25, 0.3) is 0 Å². The van der Waals surface area contributed by atoms with Gasteiger partial charge in [0, 0.05) is 22.1 Å². The fraction of sp³-hybridized carbons (Fsp3) is 0.0833. The number of hydrogen-bond acceptors (Lipinski definition) is 7. The number of nitrogens with one attached hydrogen (secondary N) is 4. The number of rotatable bonds is 8. The lowest BCUT2D eigenvalue weighted by Crippen LogP contribution is -2.32. The molecule has 0 aliphatic rings. The van der Waals surface area contributed by atoms with E-state index >= 15 is 0 Å². The van der Waals surface area contributed by atoms with Gasteiger partial charge in [-0.15, -0.1) is 0 Å². The summed E-state index contributed by atoms with van der Waals surface area (Å²) in [4.78, 5) is 26.0. The van der Waals surface area contributed by atoms with Crippen molar-refractivity contribution < 1.29 is 4.79 Å². The quantitative estimate of drug-likeness (QED) is 0.277. The summed E-state index contributed by atoms with van der Waals surface area (Å²) in [6.45, 7) is 1.73. The second kappa shape index (κ2) is 10.4. The molecule has 0 bridgehead atoms. The molecule has 0 aliphatic heterocycles. The maximum Gasteiger partial charge on any atom is 0.246 e. The van der Waals surface area contributed by atoms with Gasteiger partial charge in [0.05, 0.1) is 0 Å². The van der Waals surface area contributed by atoms with Gasteiger partial charge in [-0.05, 0) is 55.5 Å². The topological polar surface area (TPSA) is 104 Å². The van der Waals surface area contributed by atoms with Crippen LogP contribution in [0.3, 0.4) is 0 Å². The van der Waals surface area contributed by atoms with Crippen LogP contribution in [0.15, 0.2) is 84.9 Å². The van der Waals surface area contributed by atoms with Crippen molar-refractivity contribution in [3.8, 4) is 0 Å². The normalized spacial score (nSPS) is 11.3. The lowest BCUT2D eigenvalue weighted by Gasteiger charge is -2.16. The number of hydrogen-bond donors (Lipinski definition) is 4. The van der Waals surface area contributed by atoms with Crippen molar-refractivity contribution in [1.82, 2.24) is 15.0 Å². The summed E-state index contributed by atoms with van der Waals surface area (Å²) >= 11 is 5.90. The lowest BCUT2D eigenvalue weighted by atomic mass is 10.2. The summed E-state index contributed by atoms with van der Waals surface area (Å²) in [5.74, 6) is 0.679. The van der Waals surface area contributed by atoms with Crippen molar-refractivity contribution in [3.05, 3.63) is 90.0 Å². The highest BCUT2D eigenvalue weighted by Crippen LogP contribution is 2.19. The minimum atomic E-state index is -0.614. The van der Waals surface area contributed by atoms with Crippen LogP contribution in [-0.2, 0) is 4.79 Å². The Bertz CT molecular complexity index is 1140. The van der Waals surface area contributed by atoms with Crippen LogP contribution in [0.4, 0.5) is 34.9 Å². The second-order valence-corrected chi connectivity index (χ2v) is 7.59. The number of aromatic nitrogens is 3. The Labute approximate surface area is 196 Å². The number of para-hydroxylation sites is 2. The van der Waals surface area contributed by atoms with E-state index < -0.39 is 6.04 Å². The van der Waals surface area contributed by atoms with Gasteiger partial charge in [-0.1, -0.05) is 48.0 Å². The van der Waals surface area contributed by atoms with E-state index in [-0.39, 0.29) is 11.9 Å². The van der Waals surface area contributed by atoms with Crippen LogP contribution in [0.25, 0.3) is 0 Å². The number of carbonyl (C=O) groups excluding carboxylic acids is 1. The molecule has 0 radical (unpaired) electrons. The minimum absolute atomic E-state index is 0.243. The van der Waals surface area contributed by atoms with Crippen LogP contribution in [0.1, 0.15) is 6.92 Å². The highest BCUT2D eigenvalue weighted by Gasteiger charge is 2.16. The first-order chi connectivity index (χ1) is 16.0. The van der Waals surface area contributed by atoms with Crippen LogP contribution in [-0.4, -0.2) is 26.9 Å². The van der Waals surface area contributed by atoms with Gasteiger partial charge in [-0.3, -0.25) is 4.79 Å². The van der Waals surface area contributed by atoms with Crippen LogP contribution in [0.5, 0.6) is 0 Å². The van der Waals surface area contributed by atoms with Gasteiger partial charge in [-0.25, -0.2) is 0 Å². The van der Waals surface area contributed by atoms with E-state index in [4.69, 9.17) is 11.6 Å². The second-order valence-electron chi connectivity index (χ2n) is 7.15. The molecule has 0 saturated carbocycles. The molecule has 1 atom stereocenters. The summed E-state index contributed by atoms with van der Waals surface area (Å²) in [5, 5.41) is 12.8. The smallest absolute Gasteiger partial charge is 0.246 e. The molecule has 0 unspecified atom stereocenters. The van der Waals surface area contributed by atoms with E-state index in [0.717, 1.165) is 11.4 Å². The molecule has 8 nitrogen and oxygen atoms in total. The van der Waals surface area contributed by atoms with E-state index in [1.165, 1.54) is 0 Å². The van der Waals surface area contributed by atoms with E-state index in [0.29, 0.717) is 22.6 Å². The number of anilines is 6. The third-order valence-electron chi connectivity index (χ3n) is 4.55. The molecule has 9 heteroatoms. The fourth-order valence-electron chi connectivity index (χ4n) is 2.90. The summed E-state index contributed by atoms with van der Waals surface area (Å²) in [6, 6.07) is 25.4. The molecule has 0 fully saturated rings. The first kappa shape index (κ1) is 22.0. The van der Waals surface area contributed by atoms with E-state index in [1.54, 1.807) is 31.2 Å². The summed E-state index contributed by atoms with van der Waals surface area (Å²) < 4.78 is 0. The molecular weight excluding hydrogens is 438 g/mol. The van der Waals surface area contributed by atoms with Gasteiger partial charge in [0.15, 0.2) is 0 Å². The zero-order valence-electron chi connectivity index (χ0n) is 17.8. The van der Waals surface area contributed by atoms with Crippen molar-refractivity contribution in [2.75, 3.05) is 21.3 Å². The van der Waals surface area contributed by atoms with Gasteiger partial charge in [0.2, 0.25) is 23.8 Å². The van der Waals surface area contributed by atoms with Crippen LogP contribution < -0.4 is 21.3 Å². The molecule has 3 aromatic carbocycles. The molecule has 0 aliphatic carbocycles. The maximum absolute atomic E-state index is 12.6. The molecule has 0 spiro atoms. The first-order valence-corrected chi connectivity index (χ1v) is 10.7. The standard InChI is InChI=1S/C24H22ClN7O/c1-16(21(33)27-20-14-12-17(25)13-15-20)26-22-30-23(28-18-8-4-2-5-9-18)32-24(31-22)29-19-10-6-3-7-11-19/h2-16H,1H3,(H,27,33)(H3,26,28,29,30,31,32)/t16-/m1/s1. The third kappa shape index (κ3) is 6.41. The Morgan fingerprint density at radius 3 is 1.70 bits per heavy atom. The van der Waals surface area contributed by atoms with Crippen LogP contribution in [0.2, 0.25) is 5.02 Å². The van der Waals surface area contributed by atoms with Crippen LogP contribution in [0, 0.1) is 0 Å². The third-order valence-corrected chi connectivity index (χ3v) is 4.80. The molecule has 1 aromatic heterocycles. The Morgan fingerprint density at radius 1 is 0.697 bits per heavy atom. The van der Waals surface area contributed by atoms with Crippen molar-refractivity contribution >= 4 is 52.4 Å². The van der Waals surface area contributed by atoms with Gasteiger partial charge in [-0.2, -0.15) is 15.0 Å². The molecular formula is C24H22ClN7O. The number of nitrogens with zero attached hydrogens (tertiary/aromatic N) is 3. The summed E-state index contributed by atoms with van der Waals surface area (Å²) in [5.41, 5.74) is 2.30. The monoisotopic (exact) mass is 459 g/mol. The van der Waals surface area contributed by atoms with Gasteiger partial charge < -0.3 is 21.3 Å². The number of amides is 1. The first-order valence-electron chi connectivity index (χ1n) is 10.3. The highest BCUT2D eigenvalue weighted by molar-refractivity contribution is 6.30. The van der Waals surface area contributed by atoms with E-state index in [2.05, 4.69) is 36.2 Å². The average molecular weight is 460 g/mol. The van der Waals surface area contributed by atoms with E-state index in [1.807, 2.05) is 60.7 Å².